The summed E-state index contributed by atoms with van der Waals surface area (Å²) in [4.78, 5) is 7.52. The van der Waals surface area contributed by atoms with Crippen LogP contribution in [0.2, 0.25) is 0 Å². The predicted octanol–water partition coefficient (Wildman–Crippen LogP) is 2.34. The van der Waals surface area contributed by atoms with E-state index in [1.54, 1.807) is 6.34 Å². The van der Waals surface area contributed by atoms with Crippen LogP contribution >= 0.6 is 0 Å². The van der Waals surface area contributed by atoms with Gasteiger partial charge in [0.2, 0.25) is 0 Å². The van der Waals surface area contributed by atoms with Crippen LogP contribution in [-0.2, 0) is 0 Å². The van der Waals surface area contributed by atoms with Crippen LogP contribution in [0.5, 0.6) is 0 Å². The number of aromatic nitrogens is 1. The number of aliphatic imine (C=N–C) groups is 1. The molecule has 0 bridgehead atoms. The summed E-state index contributed by atoms with van der Waals surface area (Å²) >= 11 is 0. The van der Waals surface area contributed by atoms with Crippen molar-refractivity contribution in [2.45, 2.75) is 32.1 Å². The van der Waals surface area contributed by atoms with E-state index in [1.807, 2.05) is 17.3 Å². The molecule has 1 aliphatic carbocycles. The van der Waals surface area contributed by atoms with Crippen LogP contribution in [0.3, 0.4) is 0 Å². The normalized spacial score (nSPS) is 25.9. The van der Waals surface area contributed by atoms with E-state index in [2.05, 4.69) is 26.3 Å². The van der Waals surface area contributed by atoms with Gasteiger partial charge < -0.3 is 15.7 Å². The quantitative estimate of drug-likeness (QED) is 0.666. The van der Waals surface area contributed by atoms with Crippen molar-refractivity contribution in [1.29, 1.82) is 0 Å². The molecule has 1 aromatic rings. The van der Waals surface area contributed by atoms with E-state index in [0.29, 0.717) is 18.4 Å². The van der Waals surface area contributed by atoms with E-state index in [1.165, 1.54) is 5.70 Å². The number of nitrogens with one attached hydrogen (secondary N) is 4. The van der Waals surface area contributed by atoms with Crippen molar-refractivity contribution in [3.8, 4) is 0 Å². The lowest BCUT2D eigenvalue weighted by Crippen LogP contribution is -2.38. The Hall–Kier alpha value is -1.93. The number of halogens is 2. The molecule has 8 heteroatoms. The van der Waals surface area contributed by atoms with Gasteiger partial charge in [-0.15, -0.1) is 5.53 Å². The smallest absolute Gasteiger partial charge is 0.250 e. The number of H-pyrrole nitrogens is 1. The van der Waals surface area contributed by atoms with Gasteiger partial charge in [-0.05, 0) is 44.2 Å². The fourth-order valence-electron chi connectivity index (χ4n) is 3.85. The first-order chi connectivity index (χ1) is 11.7. The third-order valence-electron chi connectivity index (χ3n) is 5.08. The average Bonchev–Trinajstić information content (AvgIpc) is 3.21. The second-order valence-corrected chi connectivity index (χ2v) is 6.62. The van der Waals surface area contributed by atoms with Gasteiger partial charge in [-0.3, -0.25) is 0 Å². The van der Waals surface area contributed by atoms with Gasteiger partial charge in [-0.2, -0.15) is 0 Å². The molecule has 3 heterocycles. The van der Waals surface area contributed by atoms with Crippen molar-refractivity contribution in [1.82, 2.24) is 26.3 Å². The molecule has 6 nitrogen and oxygen atoms in total. The SMILES string of the molecule is FC(F)CNC[C@H]1CC[C@H](C2=C3c4cc[nH]c4N=CN3NN2)CC1. The second kappa shape index (κ2) is 6.52. The molecule has 2 aliphatic heterocycles. The first kappa shape index (κ1) is 15.6. The van der Waals surface area contributed by atoms with Crippen LogP contribution in [0.1, 0.15) is 31.2 Å². The topological polar surface area (TPSA) is 67.5 Å². The molecule has 4 rings (SSSR count). The molecule has 0 spiro atoms. The number of alkyl halides is 2. The number of hydrogen-bond donors (Lipinski definition) is 4. The number of nitrogens with zero attached hydrogens (tertiary/aromatic N) is 2. The maximum atomic E-state index is 12.2. The maximum Gasteiger partial charge on any atom is 0.250 e. The molecule has 4 N–H and O–H groups in total. The number of hydrogen-bond acceptors (Lipinski definition) is 5. The van der Waals surface area contributed by atoms with Crippen molar-refractivity contribution in [2.75, 3.05) is 13.1 Å². The predicted molar refractivity (Wildman–Crippen MR) is 88.3 cm³/mol. The molecule has 0 saturated heterocycles. The summed E-state index contributed by atoms with van der Waals surface area (Å²) in [7, 11) is 0. The summed E-state index contributed by atoms with van der Waals surface area (Å²) in [5.74, 6) is 1.83. The Morgan fingerprint density at radius 3 is 2.92 bits per heavy atom. The number of allylic oxidation sites excluding steroid dienone is 1. The molecule has 0 unspecified atom stereocenters. The van der Waals surface area contributed by atoms with E-state index >= 15 is 0 Å². The second-order valence-electron chi connectivity index (χ2n) is 6.62. The van der Waals surface area contributed by atoms with Crippen molar-refractivity contribution >= 4 is 17.9 Å². The molecule has 0 atom stereocenters. The molecule has 0 amide bonds. The third-order valence-corrected chi connectivity index (χ3v) is 5.08. The molecule has 24 heavy (non-hydrogen) atoms. The Morgan fingerprint density at radius 1 is 1.29 bits per heavy atom. The molecule has 0 aromatic carbocycles. The van der Waals surface area contributed by atoms with Crippen molar-refractivity contribution in [2.24, 2.45) is 16.8 Å². The highest BCUT2D eigenvalue weighted by Crippen LogP contribution is 2.40. The van der Waals surface area contributed by atoms with Gasteiger partial charge in [0.05, 0.1) is 17.9 Å². The van der Waals surface area contributed by atoms with E-state index in [-0.39, 0.29) is 6.54 Å². The first-order valence-corrected chi connectivity index (χ1v) is 8.48. The highest BCUT2D eigenvalue weighted by Gasteiger charge is 2.33. The highest BCUT2D eigenvalue weighted by atomic mass is 19.3. The lowest BCUT2D eigenvalue weighted by molar-refractivity contribution is 0.142. The van der Waals surface area contributed by atoms with Crippen LogP contribution in [0, 0.1) is 11.8 Å². The zero-order chi connectivity index (χ0) is 16.5. The highest BCUT2D eigenvalue weighted by molar-refractivity contribution is 5.87. The summed E-state index contributed by atoms with van der Waals surface area (Å²) in [6, 6.07) is 2.04. The lowest BCUT2D eigenvalue weighted by atomic mass is 9.79. The van der Waals surface area contributed by atoms with E-state index in [9.17, 15) is 8.78 Å². The number of hydrazine groups is 2. The Kier molecular flexibility index (Phi) is 4.24. The summed E-state index contributed by atoms with van der Waals surface area (Å²) < 4.78 is 24.4. The summed E-state index contributed by atoms with van der Waals surface area (Å²) in [6.45, 7) is 0.487. The van der Waals surface area contributed by atoms with E-state index in [4.69, 9.17) is 0 Å². The summed E-state index contributed by atoms with van der Waals surface area (Å²) in [6.07, 6.45) is 5.67. The molecule has 1 aromatic heterocycles. The molecule has 0 radical (unpaired) electrons. The van der Waals surface area contributed by atoms with Crippen molar-refractivity contribution in [3.05, 3.63) is 23.5 Å². The fraction of sp³-hybridized carbons (Fsp3) is 0.562. The Morgan fingerprint density at radius 2 is 2.12 bits per heavy atom. The van der Waals surface area contributed by atoms with Crippen molar-refractivity contribution < 1.29 is 8.78 Å². The zero-order valence-corrected chi connectivity index (χ0v) is 13.4. The standard InChI is InChI=1S/C16H22F2N6/c17-13(18)8-19-7-10-1-3-11(4-2-10)14-15-12-5-6-20-16(12)21-9-24(15)23-22-14/h5-6,9-11,13,19-20,22-23H,1-4,7-8H2/t10-,11-. The van der Waals surface area contributed by atoms with Gasteiger partial charge in [0.25, 0.3) is 6.43 Å². The molecule has 3 aliphatic rings. The van der Waals surface area contributed by atoms with Gasteiger partial charge in [-0.1, -0.05) is 0 Å². The average molecular weight is 336 g/mol. The Bertz CT molecular complexity index is 645. The Balaban J connectivity index is 1.41. The minimum absolute atomic E-state index is 0.203. The largest absolute Gasteiger partial charge is 0.346 e. The van der Waals surface area contributed by atoms with Gasteiger partial charge in [0.15, 0.2) is 0 Å². The lowest BCUT2D eigenvalue weighted by Gasteiger charge is -2.29. The van der Waals surface area contributed by atoms with E-state index < -0.39 is 6.43 Å². The fourth-order valence-corrected chi connectivity index (χ4v) is 3.85. The van der Waals surface area contributed by atoms with Crippen LogP contribution < -0.4 is 16.3 Å². The minimum atomic E-state index is -2.27. The molecule has 1 fully saturated rings. The first-order valence-electron chi connectivity index (χ1n) is 8.48. The van der Waals surface area contributed by atoms with E-state index in [0.717, 1.165) is 42.8 Å². The third kappa shape index (κ3) is 2.91. The maximum absolute atomic E-state index is 12.2. The van der Waals surface area contributed by atoms with Crippen LogP contribution in [0.15, 0.2) is 23.0 Å². The molecule has 130 valence electrons. The minimum Gasteiger partial charge on any atom is -0.346 e. The zero-order valence-electron chi connectivity index (χ0n) is 13.4. The summed E-state index contributed by atoms with van der Waals surface area (Å²) in [5.41, 5.74) is 9.90. The van der Waals surface area contributed by atoms with Gasteiger partial charge in [-0.25, -0.2) is 18.8 Å². The number of aromatic amines is 1. The number of rotatable bonds is 5. The van der Waals surface area contributed by atoms with Gasteiger partial charge in [0, 0.05) is 17.7 Å². The van der Waals surface area contributed by atoms with Crippen LogP contribution in [0.4, 0.5) is 14.6 Å². The van der Waals surface area contributed by atoms with Gasteiger partial charge >= 0.3 is 0 Å². The molecular weight excluding hydrogens is 314 g/mol. The Labute approximate surface area is 139 Å². The molecule has 1 saturated carbocycles. The molecular formula is C16H22F2N6. The number of fused-ring (bicyclic) bond motifs is 3. The van der Waals surface area contributed by atoms with Crippen LogP contribution in [-0.4, -0.2) is 35.8 Å². The summed E-state index contributed by atoms with van der Waals surface area (Å²) in [5, 5.41) is 4.79. The van der Waals surface area contributed by atoms with Gasteiger partial charge in [0.1, 0.15) is 12.2 Å². The van der Waals surface area contributed by atoms with Crippen LogP contribution in [0.25, 0.3) is 5.70 Å². The van der Waals surface area contributed by atoms with Crippen molar-refractivity contribution in [3.63, 3.8) is 0 Å². The monoisotopic (exact) mass is 336 g/mol.